The molecule has 0 aliphatic carbocycles. The molecular formula is C42H42BN2Si. The molecule has 6 aromatic rings. The van der Waals surface area contributed by atoms with Crippen molar-refractivity contribution in [3.8, 4) is 0 Å². The number of rotatable bonds is 14. The van der Waals surface area contributed by atoms with E-state index in [0.29, 0.717) is 0 Å². The first-order valence-corrected chi connectivity index (χ1v) is 18.9. The Balaban J connectivity index is 1.45. The van der Waals surface area contributed by atoms with Crippen LogP contribution in [0, 0.1) is 0 Å². The van der Waals surface area contributed by atoms with Crippen LogP contribution in [0.3, 0.4) is 0 Å². The van der Waals surface area contributed by atoms with Crippen LogP contribution in [-0.2, 0) is 12.6 Å². The van der Waals surface area contributed by atoms with Crippen molar-refractivity contribution in [1.29, 1.82) is 0 Å². The first kappa shape index (κ1) is 31.3. The van der Waals surface area contributed by atoms with Crippen LogP contribution >= 0.6 is 0 Å². The number of aryl methyl sites for hydroxylation is 1. The number of hydrogen-bond acceptors (Lipinski definition) is 1. The third kappa shape index (κ3) is 7.41. The van der Waals surface area contributed by atoms with Gasteiger partial charge < -0.3 is 4.57 Å². The Labute approximate surface area is 276 Å². The summed E-state index contributed by atoms with van der Waals surface area (Å²) in [6.45, 7) is 2.28. The van der Waals surface area contributed by atoms with Gasteiger partial charge in [0.05, 0.1) is 5.72 Å². The zero-order valence-corrected chi connectivity index (χ0v) is 27.8. The Kier molecular flexibility index (Phi) is 10.6. The highest BCUT2D eigenvalue weighted by atomic mass is 28.3. The molecular weight excluding hydrogens is 571 g/mol. The fourth-order valence-corrected chi connectivity index (χ4v) is 11.2. The van der Waals surface area contributed by atoms with E-state index in [4.69, 9.17) is 4.98 Å². The predicted molar refractivity (Wildman–Crippen MR) is 200 cm³/mol. The van der Waals surface area contributed by atoms with Gasteiger partial charge in [0.25, 0.3) is 0 Å². The minimum absolute atomic E-state index is 0.847. The Hall–Kier alpha value is -4.67. The Bertz CT molecular complexity index is 1780. The highest BCUT2D eigenvalue weighted by molar-refractivity contribution is 7.10. The summed E-state index contributed by atoms with van der Waals surface area (Å²) in [5.41, 5.74) is 5.88. The van der Waals surface area contributed by atoms with Gasteiger partial charge in [0, 0.05) is 18.6 Å². The lowest BCUT2D eigenvalue weighted by atomic mass is 9.65. The zero-order valence-electron chi connectivity index (χ0n) is 26.8. The van der Waals surface area contributed by atoms with Crippen LogP contribution in [-0.4, -0.2) is 24.9 Å². The van der Waals surface area contributed by atoms with Gasteiger partial charge in [-0.2, -0.15) is 0 Å². The lowest BCUT2D eigenvalue weighted by Gasteiger charge is -2.35. The molecule has 5 aromatic carbocycles. The average molecular weight is 614 g/mol. The molecule has 0 amide bonds. The number of unbranched alkanes of at least 4 members (excludes halogenated alkanes) is 3. The maximum Gasteiger partial charge on any atom is 0.241 e. The monoisotopic (exact) mass is 613 g/mol. The predicted octanol–water partition coefficient (Wildman–Crippen LogP) is 7.24. The van der Waals surface area contributed by atoms with E-state index in [-0.39, 0.29) is 0 Å². The zero-order chi connectivity index (χ0) is 31.4. The molecule has 1 radical (unpaired) electrons. The van der Waals surface area contributed by atoms with Gasteiger partial charge in [-0.3, -0.25) is 4.98 Å². The fraction of sp³-hybridized carbons (Fsp3) is 0.167. The van der Waals surface area contributed by atoms with Gasteiger partial charge in [0.2, 0.25) is 7.28 Å². The average Bonchev–Trinajstić information content (AvgIpc) is 3.56. The summed E-state index contributed by atoms with van der Waals surface area (Å²) in [6, 6.07) is 53.1. The molecule has 0 atom stereocenters. The highest BCUT2D eigenvalue weighted by Gasteiger charge is 2.40. The third-order valence-corrected chi connectivity index (χ3v) is 13.7. The molecule has 1 heterocycles. The van der Waals surface area contributed by atoms with Gasteiger partial charge >= 0.3 is 0 Å². The lowest BCUT2D eigenvalue weighted by molar-refractivity contribution is 0.667. The maximum atomic E-state index is 4.95. The standard InChI is InChI=1S/C42H42BN2Si/c1-2-3-4-9-19-35-22-18-29-40(32-35)46(38-25-14-7-15-26-38,39-27-16-8-17-28-39)34-45-31-30-44-42(45)43-41(37-23-12-6-13-24-37)33-36-20-10-5-11-21-36/h5-8,10-18,20-33H,2-4,9,19,34H2,1H3. The summed E-state index contributed by atoms with van der Waals surface area (Å²) in [7, 11) is -0.315. The molecule has 0 fully saturated rings. The Morgan fingerprint density at radius 3 is 1.93 bits per heavy atom. The number of hydrogen-bond donors (Lipinski definition) is 0. The molecule has 0 saturated carbocycles. The van der Waals surface area contributed by atoms with E-state index in [2.05, 4.69) is 177 Å². The molecule has 0 saturated heterocycles. The normalized spacial score (nSPS) is 11.8. The molecule has 0 N–H and O–H groups in total. The van der Waals surface area contributed by atoms with E-state index >= 15 is 0 Å². The SMILES string of the molecule is CCCCCCc1cccc([Si](Cn2ccnc2[B]C(=Cc2ccccc2)c2ccccc2)(c2ccccc2)c2ccccc2)c1. The summed E-state index contributed by atoms with van der Waals surface area (Å²) >= 11 is 0. The van der Waals surface area contributed by atoms with E-state index < -0.39 is 8.07 Å². The second-order valence-electron chi connectivity index (χ2n) is 12.1. The minimum atomic E-state index is -2.57. The molecule has 46 heavy (non-hydrogen) atoms. The highest BCUT2D eigenvalue weighted by Crippen LogP contribution is 2.18. The largest absolute Gasteiger partial charge is 0.345 e. The molecule has 0 bridgehead atoms. The van der Waals surface area contributed by atoms with Gasteiger partial charge in [-0.25, -0.2) is 0 Å². The molecule has 6 rings (SSSR count). The first-order valence-electron chi connectivity index (χ1n) is 16.6. The number of imidazole rings is 1. The van der Waals surface area contributed by atoms with Gasteiger partial charge in [0.1, 0.15) is 0 Å². The minimum Gasteiger partial charge on any atom is -0.345 e. The summed E-state index contributed by atoms with van der Waals surface area (Å²) in [6.07, 6.45) is 13.4. The molecule has 0 aliphatic rings. The number of aromatic nitrogens is 2. The van der Waals surface area contributed by atoms with E-state index in [9.17, 15) is 0 Å². The van der Waals surface area contributed by atoms with Gasteiger partial charge in [-0.15, -0.1) is 0 Å². The summed E-state index contributed by atoms with van der Waals surface area (Å²) in [5, 5.41) is 4.26. The molecule has 0 aliphatic heterocycles. The van der Waals surface area contributed by atoms with Crippen molar-refractivity contribution in [3.63, 3.8) is 0 Å². The van der Waals surface area contributed by atoms with Crippen molar-refractivity contribution in [3.05, 3.63) is 175 Å². The van der Waals surface area contributed by atoms with Gasteiger partial charge in [-0.05, 0) is 45.1 Å². The molecule has 1 aromatic heterocycles. The van der Waals surface area contributed by atoms with E-state index in [0.717, 1.165) is 23.8 Å². The number of nitrogens with zero attached hydrogens (tertiary/aromatic N) is 2. The van der Waals surface area contributed by atoms with Crippen LogP contribution in [0.4, 0.5) is 0 Å². The molecule has 0 unspecified atom stereocenters. The second kappa shape index (κ2) is 15.6. The first-order chi connectivity index (χ1) is 22.8. The van der Waals surface area contributed by atoms with Crippen molar-refractivity contribution in [1.82, 2.24) is 9.55 Å². The quantitative estimate of drug-likeness (QED) is 0.0548. The molecule has 0 spiro atoms. The Morgan fingerprint density at radius 2 is 1.28 bits per heavy atom. The van der Waals surface area contributed by atoms with Crippen LogP contribution in [0.2, 0.25) is 0 Å². The third-order valence-electron chi connectivity index (χ3n) is 8.94. The summed E-state index contributed by atoms with van der Waals surface area (Å²) in [5.74, 6) is 0. The van der Waals surface area contributed by atoms with Crippen molar-refractivity contribution in [2.45, 2.75) is 45.2 Å². The van der Waals surface area contributed by atoms with Crippen LogP contribution in [0.5, 0.6) is 0 Å². The van der Waals surface area contributed by atoms with Crippen molar-refractivity contribution in [2.24, 2.45) is 0 Å². The maximum absolute atomic E-state index is 4.95. The topological polar surface area (TPSA) is 17.8 Å². The molecule has 2 nitrogen and oxygen atoms in total. The van der Waals surface area contributed by atoms with Crippen LogP contribution < -0.4 is 21.3 Å². The van der Waals surface area contributed by atoms with Gasteiger partial charge in [-0.1, -0.05) is 183 Å². The summed E-state index contributed by atoms with van der Waals surface area (Å²) < 4.78 is 2.39. The molecule has 227 valence electrons. The lowest BCUT2D eigenvalue weighted by Crippen LogP contribution is -2.70. The number of benzene rings is 5. The van der Waals surface area contributed by atoms with Crippen molar-refractivity contribution >= 4 is 48.2 Å². The fourth-order valence-electron chi connectivity index (χ4n) is 6.52. The van der Waals surface area contributed by atoms with E-state index in [1.54, 1.807) is 0 Å². The van der Waals surface area contributed by atoms with Gasteiger partial charge in [0.15, 0.2) is 8.07 Å². The smallest absolute Gasteiger partial charge is 0.241 e. The molecule has 4 heteroatoms. The van der Waals surface area contributed by atoms with Crippen LogP contribution in [0.25, 0.3) is 11.5 Å². The second-order valence-corrected chi connectivity index (χ2v) is 15.9. The van der Waals surface area contributed by atoms with Crippen molar-refractivity contribution < 1.29 is 0 Å². The summed E-state index contributed by atoms with van der Waals surface area (Å²) in [4.78, 5) is 4.95. The van der Waals surface area contributed by atoms with Crippen LogP contribution in [0.15, 0.2) is 158 Å². The van der Waals surface area contributed by atoms with E-state index in [1.165, 1.54) is 57.9 Å². The van der Waals surface area contributed by atoms with E-state index in [1.807, 2.05) is 6.20 Å². The van der Waals surface area contributed by atoms with Crippen LogP contribution in [0.1, 0.15) is 49.3 Å². The Morgan fingerprint density at radius 1 is 0.674 bits per heavy atom. The van der Waals surface area contributed by atoms with Crippen molar-refractivity contribution in [2.75, 3.05) is 0 Å².